The molecule has 1 N–H and O–H groups in total. The third-order valence-electron chi connectivity index (χ3n) is 1.70. The molecule has 0 aliphatic carbocycles. The lowest BCUT2D eigenvalue weighted by Gasteiger charge is -2.14. The van der Waals surface area contributed by atoms with Crippen molar-refractivity contribution < 1.29 is 22.7 Å². The zero-order valence-electron chi connectivity index (χ0n) is 8.86. The first-order valence-electron chi connectivity index (χ1n) is 4.83. The van der Waals surface area contributed by atoms with Crippen LogP contribution in [0.2, 0.25) is 0 Å². The summed E-state index contributed by atoms with van der Waals surface area (Å²) in [4.78, 5) is 11.1. The van der Waals surface area contributed by atoms with Crippen molar-refractivity contribution in [3.8, 4) is 0 Å². The average molecular weight is 227 g/mol. The van der Waals surface area contributed by atoms with Gasteiger partial charge >= 0.3 is 6.18 Å². The van der Waals surface area contributed by atoms with Crippen molar-refractivity contribution in [2.75, 3.05) is 13.2 Å². The van der Waals surface area contributed by atoms with E-state index in [0.29, 0.717) is 6.54 Å². The molecule has 0 aliphatic heterocycles. The molecule has 0 aliphatic rings. The summed E-state index contributed by atoms with van der Waals surface area (Å²) in [6.07, 6.45) is -3.74. The van der Waals surface area contributed by atoms with E-state index in [2.05, 4.69) is 10.1 Å². The maximum Gasteiger partial charge on any atom is 0.411 e. The summed E-state index contributed by atoms with van der Waals surface area (Å²) >= 11 is 0. The normalized spacial score (nSPS) is 13.7. The first-order chi connectivity index (χ1) is 6.87. The molecule has 6 heteroatoms. The Morgan fingerprint density at radius 3 is 2.53 bits per heavy atom. The molecule has 0 spiro atoms. The van der Waals surface area contributed by atoms with Gasteiger partial charge in [0.25, 0.3) is 0 Å². The monoisotopic (exact) mass is 227 g/mol. The van der Waals surface area contributed by atoms with Crippen molar-refractivity contribution >= 4 is 5.91 Å². The molecule has 1 atom stereocenters. The Balaban J connectivity index is 3.70. The largest absolute Gasteiger partial charge is 0.411 e. The van der Waals surface area contributed by atoms with Gasteiger partial charge in [-0.2, -0.15) is 13.2 Å². The second-order valence-electron chi connectivity index (χ2n) is 3.21. The summed E-state index contributed by atoms with van der Waals surface area (Å²) in [5, 5.41) is 2.49. The van der Waals surface area contributed by atoms with Crippen molar-refractivity contribution in [1.29, 1.82) is 0 Å². The van der Waals surface area contributed by atoms with Crippen molar-refractivity contribution in [2.45, 2.75) is 39.0 Å². The van der Waals surface area contributed by atoms with Crippen LogP contribution in [0.3, 0.4) is 0 Å². The molecule has 0 saturated heterocycles. The Labute approximate surface area is 87.0 Å². The Bertz CT molecular complexity index is 194. The summed E-state index contributed by atoms with van der Waals surface area (Å²) < 4.78 is 39.5. The quantitative estimate of drug-likeness (QED) is 0.703. The van der Waals surface area contributed by atoms with Crippen LogP contribution in [0, 0.1) is 0 Å². The van der Waals surface area contributed by atoms with Gasteiger partial charge in [0.1, 0.15) is 12.7 Å². The van der Waals surface area contributed by atoms with E-state index < -0.39 is 24.8 Å². The molecule has 0 aromatic rings. The summed E-state index contributed by atoms with van der Waals surface area (Å²) in [5.74, 6) is -0.507. The second-order valence-corrected chi connectivity index (χ2v) is 3.21. The topological polar surface area (TPSA) is 38.3 Å². The van der Waals surface area contributed by atoms with Crippen LogP contribution >= 0.6 is 0 Å². The molecule has 0 aromatic carbocycles. The van der Waals surface area contributed by atoms with E-state index in [4.69, 9.17) is 0 Å². The van der Waals surface area contributed by atoms with E-state index in [1.54, 1.807) is 0 Å². The molecule has 3 nitrogen and oxygen atoms in total. The maximum absolute atomic E-state index is 11.7. The Kier molecular flexibility index (Phi) is 6.31. The number of carbonyl (C=O) groups is 1. The van der Waals surface area contributed by atoms with Crippen molar-refractivity contribution in [3.63, 3.8) is 0 Å². The predicted molar refractivity (Wildman–Crippen MR) is 49.4 cm³/mol. The smallest absolute Gasteiger partial charge is 0.359 e. The number of amides is 1. The van der Waals surface area contributed by atoms with Gasteiger partial charge in [-0.1, -0.05) is 13.3 Å². The molecule has 0 saturated carbocycles. The number of unbranched alkanes of at least 4 members (excludes halogenated alkanes) is 1. The number of alkyl halides is 3. The van der Waals surface area contributed by atoms with Gasteiger partial charge in [0.2, 0.25) is 5.91 Å². The van der Waals surface area contributed by atoms with Gasteiger partial charge in [-0.25, -0.2) is 0 Å². The Morgan fingerprint density at radius 2 is 2.07 bits per heavy atom. The minimum Gasteiger partial charge on any atom is -0.359 e. The van der Waals surface area contributed by atoms with Crippen molar-refractivity contribution in [3.05, 3.63) is 0 Å². The van der Waals surface area contributed by atoms with E-state index in [0.717, 1.165) is 12.8 Å². The number of carbonyl (C=O) groups excluding carboxylic acids is 1. The number of halogens is 3. The molecular weight excluding hydrogens is 211 g/mol. The lowest BCUT2D eigenvalue weighted by molar-refractivity contribution is -0.185. The van der Waals surface area contributed by atoms with Gasteiger partial charge in [-0.05, 0) is 13.3 Å². The molecular formula is C9H16F3NO2. The first kappa shape index (κ1) is 14.2. The Morgan fingerprint density at radius 1 is 1.47 bits per heavy atom. The highest BCUT2D eigenvalue weighted by Gasteiger charge is 2.29. The SMILES string of the molecule is CCCCNC(=O)C(C)OCC(F)(F)F. The van der Waals surface area contributed by atoms with Crippen LogP contribution < -0.4 is 5.32 Å². The minimum absolute atomic E-state index is 0.467. The highest BCUT2D eigenvalue weighted by molar-refractivity contribution is 5.80. The summed E-state index contributed by atoms with van der Waals surface area (Å²) in [5.41, 5.74) is 0. The van der Waals surface area contributed by atoms with Crippen LogP contribution in [-0.2, 0) is 9.53 Å². The van der Waals surface area contributed by atoms with Crippen LogP contribution in [0.25, 0.3) is 0 Å². The minimum atomic E-state index is -4.39. The van der Waals surface area contributed by atoms with Gasteiger partial charge in [-0.15, -0.1) is 0 Å². The van der Waals surface area contributed by atoms with Crippen LogP contribution in [0.1, 0.15) is 26.7 Å². The van der Waals surface area contributed by atoms with E-state index in [1.165, 1.54) is 6.92 Å². The fraction of sp³-hybridized carbons (Fsp3) is 0.889. The standard InChI is InChI=1S/C9H16F3NO2/c1-3-4-5-13-8(14)7(2)15-6-9(10,11)12/h7H,3-6H2,1-2H3,(H,13,14). The van der Waals surface area contributed by atoms with Crippen molar-refractivity contribution in [1.82, 2.24) is 5.32 Å². The van der Waals surface area contributed by atoms with Crippen LogP contribution in [-0.4, -0.2) is 31.3 Å². The molecule has 0 fully saturated rings. The molecule has 1 amide bonds. The van der Waals surface area contributed by atoms with Crippen LogP contribution in [0.5, 0.6) is 0 Å². The third kappa shape index (κ3) is 8.23. The summed E-state index contributed by atoms with van der Waals surface area (Å²) in [6, 6.07) is 0. The van der Waals surface area contributed by atoms with E-state index in [9.17, 15) is 18.0 Å². The molecule has 90 valence electrons. The molecule has 0 rings (SSSR count). The fourth-order valence-corrected chi connectivity index (χ4v) is 0.827. The molecule has 0 bridgehead atoms. The van der Waals surface area contributed by atoms with E-state index >= 15 is 0 Å². The fourth-order valence-electron chi connectivity index (χ4n) is 0.827. The number of hydrogen-bond acceptors (Lipinski definition) is 2. The number of hydrogen-bond donors (Lipinski definition) is 1. The summed E-state index contributed by atoms with van der Waals surface area (Å²) in [7, 11) is 0. The average Bonchev–Trinajstić information content (AvgIpc) is 2.13. The molecule has 1 unspecified atom stereocenters. The maximum atomic E-state index is 11.7. The lowest BCUT2D eigenvalue weighted by Crippen LogP contribution is -2.36. The van der Waals surface area contributed by atoms with E-state index in [-0.39, 0.29) is 0 Å². The number of nitrogens with one attached hydrogen (secondary N) is 1. The van der Waals surface area contributed by atoms with Gasteiger partial charge < -0.3 is 10.1 Å². The van der Waals surface area contributed by atoms with Gasteiger partial charge in [0, 0.05) is 6.54 Å². The first-order valence-corrected chi connectivity index (χ1v) is 4.83. The van der Waals surface area contributed by atoms with Crippen LogP contribution in [0.4, 0.5) is 13.2 Å². The Hall–Kier alpha value is -0.780. The van der Waals surface area contributed by atoms with Crippen molar-refractivity contribution in [2.24, 2.45) is 0 Å². The highest BCUT2D eigenvalue weighted by atomic mass is 19.4. The zero-order valence-corrected chi connectivity index (χ0v) is 8.86. The van der Waals surface area contributed by atoms with E-state index in [1.807, 2.05) is 6.92 Å². The highest BCUT2D eigenvalue weighted by Crippen LogP contribution is 2.15. The third-order valence-corrected chi connectivity index (χ3v) is 1.70. The van der Waals surface area contributed by atoms with Gasteiger partial charge in [0.15, 0.2) is 0 Å². The second kappa shape index (κ2) is 6.66. The number of rotatable bonds is 6. The molecule has 0 heterocycles. The number of ether oxygens (including phenoxy) is 1. The molecule has 0 aromatic heterocycles. The van der Waals surface area contributed by atoms with Crippen LogP contribution in [0.15, 0.2) is 0 Å². The molecule has 15 heavy (non-hydrogen) atoms. The summed E-state index contributed by atoms with van der Waals surface area (Å²) in [6.45, 7) is 2.33. The molecule has 0 radical (unpaired) electrons. The van der Waals surface area contributed by atoms with Gasteiger partial charge in [-0.3, -0.25) is 4.79 Å². The zero-order chi connectivity index (χ0) is 11.9. The lowest BCUT2D eigenvalue weighted by atomic mass is 10.3. The van der Waals surface area contributed by atoms with Gasteiger partial charge in [0.05, 0.1) is 0 Å². The predicted octanol–water partition coefficient (Wildman–Crippen LogP) is 1.87.